The zero-order chi connectivity index (χ0) is 39.9. The maximum atomic E-state index is 12.7. The van der Waals surface area contributed by atoms with Gasteiger partial charge in [0, 0.05) is 13.0 Å². The first-order valence-corrected chi connectivity index (χ1v) is 23.0. The van der Waals surface area contributed by atoms with Crippen LogP contribution in [0.2, 0.25) is 0 Å². The van der Waals surface area contributed by atoms with E-state index in [0.717, 1.165) is 83.5 Å². The summed E-state index contributed by atoms with van der Waals surface area (Å²) in [5, 5.41) is 0. The van der Waals surface area contributed by atoms with Gasteiger partial charge in [0.2, 0.25) is 0 Å². The predicted molar refractivity (Wildman–Crippen MR) is 229 cm³/mol. The molecule has 9 heteroatoms. The lowest BCUT2D eigenvalue weighted by atomic mass is 10.1. The summed E-state index contributed by atoms with van der Waals surface area (Å²) in [6, 6.07) is 0. The minimum absolute atomic E-state index is 0.0796. The van der Waals surface area contributed by atoms with E-state index in [4.69, 9.17) is 18.5 Å². The average molecular weight is 781 g/mol. The molecule has 0 saturated carbocycles. The molecule has 2 unspecified atom stereocenters. The van der Waals surface area contributed by atoms with Crippen LogP contribution in [-0.4, -0.2) is 75.6 Å². The number of ether oxygens (including phenoxy) is 2. The Morgan fingerprint density at radius 2 is 1.07 bits per heavy atom. The molecule has 0 aliphatic heterocycles. The minimum Gasteiger partial charge on any atom is -0.457 e. The van der Waals surface area contributed by atoms with Gasteiger partial charge in [0.1, 0.15) is 19.3 Å². The number of esters is 1. The van der Waals surface area contributed by atoms with Gasteiger partial charge in [0.15, 0.2) is 0 Å². The van der Waals surface area contributed by atoms with Crippen LogP contribution in [0.1, 0.15) is 162 Å². The Bertz CT molecular complexity index is 1050. The van der Waals surface area contributed by atoms with Crippen molar-refractivity contribution in [3.05, 3.63) is 60.8 Å². The highest BCUT2D eigenvalue weighted by Gasteiger charge is 2.26. The molecule has 0 saturated heterocycles. The zero-order valence-corrected chi connectivity index (χ0v) is 36.3. The largest absolute Gasteiger partial charge is 0.472 e. The van der Waals surface area contributed by atoms with Crippen LogP contribution in [0.3, 0.4) is 0 Å². The van der Waals surface area contributed by atoms with E-state index in [1.165, 1.54) is 57.8 Å². The first kappa shape index (κ1) is 52.2. The van der Waals surface area contributed by atoms with Crippen LogP contribution in [0.5, 0.6) is 0 Å². The van der Waals surface area contributed by atoms with E-state index < -0.39 is 13.9 Å². The van der Waals surface area contributed by atoms with Crippen molar-refractivity contribution in [3.63, 3.8) is 0 Å². The smallest absolute Gasteiger partial charge is 0.457 e. The Hall–Kier alpha value is -1.80. The molecule has 54 heavy (non-hydrogen) atoms. The van der Waals surface area contributed by atoms with Crippen LogP contribution in [0, 0.1) is 0 Å². The number of quaternary nitrogens is 1. The lowest BCUT2D eigenvalue weighted by molar-refractivity contribution is -0.870. The maximum absolute atomic E-state index is 12.7. The summed E-state index contributed by atoms with van der Waals surface area (Å²) >= 11 is 0. The number of rotatable bonds is 39. The Kier molecular flexibility index (Phi) is 36.8. The highest BCUT2D eigenvalue weighted by atomic mass is 31.2. The predicted octanol–water partition coefficient (Wildman–Crippen LogP) is 12.5. The molecule has 1 N–H and O–H groups in total. The topological polar surface area (TPSA) is 91.3 Å². The van der Waals surface area contributed by atoms with Crippen LogP contribution < -0.4 is 0 Å². The quantitative estimate of drug-likeness (QED) is 0.0218. The SMILES string of the molecule is CC/C=C\C/C=C\C/C=C\CCCCCCOCC(COP(=O)(O)OCC[N+](C)(C)C)OC(=O)CCCCCCCCC/C=C\C/C=C\CCCCCC. The van der Waals surface area contributed by atoms with E-state index in [0.29, 0.717) is 24.1 Å². The maximum Gasteiger partial charge on any atom is 0.472 e. The Morgan fingerprint density at radius 1 is 0.593 bits per heavy atom. The molecule has 0 aliphatic rings. The number of nitrogens with zero attached hydrogens (tertiary/aromatic N) is 1. The summed E-state index contributed by atoms with van der Waals surface area (Å²) in [5.74, 6) is -0.332. The molecule has 0 aromatic rings. The standard InChI is InChI=1S/C45H82NO7P/c1-6-8-10-12-14-16-18-20-22-23-24-25-26-28-30-32-34-36-38-45(47)53-44(43-52-54(48,49)51-41-39-46(3,4)5)42-50-40-37-35-33-31-29-27-21-19-17-15-13-11-9-7-2/h9,11,15-18,21-23,27,44H,6-8,10,12-14,19-20,24-26,28-43H2,1-5H3/p+1/b11-9-,17-15-,18-16-,23-22-,27-21-. The molecule has 0 radical (unpaired) electrons. The normalized spacial score (nSPS) is 14.4. The van der Waals surface area contributed by atoms with E-state index in [1.807, 2.05) is 21.1 Å². The fourth-order valence-electron chi connectivity index (χ4n) is 5.48. The number of carbonyl (C=O) groups excluding carboxylic acids is 1. The zero-order valence-electron chi connectivity index (χ0n) is 35.4. The van der Waals surface area contributed by atoms with Crippen LogP contribution in [-0.2, 0) is 27.9 Å². The molecule has 0 rings (SSSR count). The molecule has 0 aromatic carbocycles. The van der Waals surface area contributed by atoms with Gasteiger partial charge in [-0.2, -0.15) is 0 Å². The van der Waals surface area contributed by atoms with Crippen LogP contribution in [0.4, 0.5) is 0 Å². The van der Waals surface area contributed by atoms with Gasteiger partial charge >= 0.3 is 13.8 Å². The number of hydrogen-bond donors (Lipinski definition) is 1. The molecule has 314 valence electrons. The highest BCUT2D eigenvalue weighted by molar-refractivity contribution is 7.47. The average Bonchev–Trinajstić information content (AvgIpc) is 3.12. The number of likely N-dealkylation sites (N-methyl/N-ethyl adjacent to an activating group) is 1. The van der Waals surface area contributed by atoms with Gasteiger partial charge in [-0.3, -0.25) is 13.8 Å². The first-order valence-electron chi connectivity index (χ1n) is 21.5. The van der Waals surface area contributed by atoms with Gasteiger partial charge in [-0.1, -0.05) is 139 Å². The highest BCUT2D eigenvalue weighted by Crippen LogP contribution is 2.43. The van der Waals surface area contributed by atoms with E-state index >= 15 is 0 Å². The lowest BCUT2D eigenvalue weighted by Crippen LogP contribution is -2.37. The van der Waals surface area contributed by atoms with E-state index in [-0.39, 0.29) is 25.8 Å². The molecular weight excluding hydrogens is 697 g/mol. The summed E-state index contributed by atoms with van der Waals surface area (Å²) in [6.45, 7) is 5.41. The molecule has 8 nitrogen and oxygen atoms in total. The number of phosphoric ester groups is 1. The third-order valence-electron chi connectivity index (χ3n) is 8.81. The van der Waals surface area contributed by atoms with Gasteiger partial charge < -0.3 is 18.9 Å². The second kappa shape index (κ2) is 38.1. The number of phosphoric acid groups is 1. The first-order chi connectivity index (χ1) is 26.1. The summed E-state index contributed by atoms with van der Waals surface area (Å²) in [7, 11) is 1.64. The molecule has 0 aliphatic carbocycles. The van der Waals surface area contributed by atoms with Crippen molar-refractivity contribution in [2.45, 2.75) is 168 Å². The molecule has 0 heterocycles. The summed E-state index contributed by atoms with van der Waals surface area (Å²) in [6.07, 6.45) is 46.8. The summed E-state index contributed by atoms with van der Waals surface area (Å²) in [5.41, 5.74) is 0. The van der Waals surface area contributed by atoms with Crippen LogP contribution in [0.15, 0.2) is 60.8 Å². The van der Waals surface area contributed by atoms with Crippen molar-refractivity contribution < 1.29 is 37.3 Å². The van der Waals surface area contributed by atoms with Crippen molar-refractivity contribution in [1.82, 2.24) is 0 Å². The fraction of sp³-hybridized carbons (Fsp3) is 0.756. The Balaban J connectivity index is 4.30. The molecule has 0 amide bonds. The molecule has 0 spiro atoms. The van der Waals surface area contributed by atoms with Crippen LogP contribution >= 0.6 is 7.82 Å². The van der Waals surface area contributed by atoms with Gasteiger partial charge in [-0.25, -0.2) is 4.57 Å². The van der Waals surface area contributed by atoms with E-state index in [9.17, 15) is 14.3 Å². The fourth-order valence-corrected chi connectivity index (χ4v) is 6.22. The Morgan fingerprint density at radius 3 is 1.61 bits per heavy atom. The van der Waals surface area contributed by atoms with E-state index in [2.05, 4.69) is 74.6 Å². The van der Waals surface area contributed by atoms with Crippen molar-refractivity contribution in [2.24, 2.45) is 0 Å². The molecule has 0 bridgehead atoms. The van der Waals surface area contributed by atoms with Gasteiger partial charge in [-0.15, -0.1) is 0 Å². The number of allylic oxidation sites excluding steroid dienone is 10. The summed E-state index contributed by atoms with van der Waals surface area (Å²) < 4.78 is 34.9. The Labute approximate surface area is 332 Å². The molecule has 0 aromatic heterocycles. The second-order valence-corrected chi connectivity index (χ2v) is 16.8. The molecule has 0 fully saturated rings. The van der Waals surface area contributed by atoms with Gasteiger partial charge in [0.05, 0.1) is 34.4 Å². The molecule has 2 atom stereocenters. The van der Waals surface area contributed by atoms with Crippen molar-refractivity contribution >= 4 is 13.8 Å². The third kappa shape index (κ3) is 41.4. The minimum atomic E-state index is -4.28. The van der Waals surface area contributed by atoms with Crippen molar-refractivity contribution in [1.29, 1.82) is 0 Å². The van der Waals surface area contributed by atoms with Crippen molar-refractivity contribution in [3.8, 4) is 0 Å². The van der Waals surface area contributed by atoms with Gasteiger partial charge in [-0.05, 0) is 77.0 Å². The number of unbranched alkanes of at least 4 members (excludes halogenated alkanes) is 15. The second-order valence-electron chi connectivity index (χ2n) is 15.3. The monoisotopic (exact) mass is 781 g/mol. The molecular formula is C45H83NO7P+. The lowest BCUT2D eigenvalue weighted by Gasteiger charge is -2.24. The van der Waals surface area contributed by atoms with Gasteiger partial charge in [0.25, 0.3) is 0 Å². The van der Waals surface area contributed by atoms with E-state index in [1.54, 1.807) is 0 Å². The van der Waals surface area contributed by atoms with Crippen LogP contribution in [0.25, 0.3) is 0 Å². The number of carbonyl (C=O) groups is 1. The van der Waals surface area contributed by atoms with Crippen molar-refractivity contribution in [2.75, 3.05) is 54.1 Å². The summed E-state index contributed by atoms with van der Waals surface area (Å²) in [4.78, 5) is 22.9. The number of hydrogen-bond acceptors (Lipinski definition) is 6. The third-order valence-corrected chi connectivity index (χ3v) is 9.80.